The monoisotopic (exact) mass is 430 g/mol. The van der Waals surface area contributed by atoms with E-state index in [1.807, 2.05) is 18.2 Å². The lowest BCUT2D eigenvalue weighted by Crippen LogP contribution is -2.27. The van der Waals surface area contributed by atoms with Crippen LogP contribution in [-0.2, 0) is 27.8 Å². The van der Waals surface area contributed by atoms with E-state index in [0.29, 0.717) is 43.1 Å². The molecule has 0 unspecified atom stereocenters. The molecule has 2 aromatic carbocycles. The van der Waals surface area contributed by atoms with Gasteiger partial charge >= 0.3 is 0 Å². The smallest absolute Gasteiger partial charge is 0.243 e. The number of benzene rings is 2. The molecule has 7 nitrogen and oxygen atoms in total. The molecule has 0 atom stereocenters. The van der Waals surface area contributed by atoms with Gasteiger partial charge in [0.25, 0.3) is 0 Å². The zero-order valence-electron chi connectivity index (χ0n) is 17.0. The van der Waals surface area contributed by atoms with Crippen molar-refractivity contribution >= 4 is 15.9 Å². The second-order valence-corrected chi connectivity index (χ2v) is 9.63. The molecule has 2 aromatic rings. The molecule has 4 rings (SSSR count). The van der Waals surface area contributed by atoms with Crippen LogP contribution >= 0.6 is 0 Å². The molecular weight excluding hydrogens is 404 g/mol. The summed E-state index contributed by atoms with van der Waals surface area (Å²) in [6.07, 6.45) is 2.76. The van der Waals surface area contributed by atoms with E-state index in [1.165, 1.54) is 4.31 Å². The molecule has 0 N–H and O–H groups in total. The van der Waals surface area contributed by atoms with Crippen LogP contribution in [0.3, 0.4) is 0 Å². The van der Waals surface area contributed by atoms with Gasteiger partial charge in [0, 0.05) is 33.1 Å². The minimum Gasteiger partial charge on any atom is -0.454 e. The molecule has 0 bridgehead atoms. The zero-order chi connectivity index (χ0) is 21.1. The molecule has 2 aliphatic rings. The van der Waals surface area contributed by atoms with Crippen LogP contribution in [-0.4, -0.2) is 50.5 Å². The Kier molecular flexibility index (Phi) is 5.97. The Balaban J connectivity index is 1.31. The van der Waals surface area contributed by atoms with Gasteiger partial charge in [0.1, 0.15) is 0 Å². The predicted molar refractivity (Wildman–Crippen MR) is 112 cm³/mol. The first-order chi connectivity index (χ1) is 14.4. The van der Waals surface area contributed by atoms with Crippen LogP contribution in [0.25, 0.3) is 0 Å². The molecule has 0 spiro atoms. The number of aryl methyl sites for hydroxylation is 1. The SMILES string of the molecule is CN(Cc1ccc2c(c1)OCO2)C(=O)CCc1ccc(S(=O)(=O)N2CCCC2)cc1. The fourth-order valence-electron chi connectivity index (χ4n) is 3.75. The average molecular weight is 431 g/mol. The summed E-state index contributed by atoms with van der Waals surface area (Å²) in [7, 11) is -1.62. The van der Waals surface area contributed by atoms with Crippen molar-refractivity contribution < 1.29 is 22.7 Å². The second-order valence-electron chi connectivity index (χ2n) is 7.69. The maximum absolute atomic E-state index is 12.6. The van der Waals surface area contributed by atoms with Gasteiger partial charge in [-0.15, -0.1) is 0 Å². The number of amides is 1. The highest BCUT2D eigenvalue weighted by Crippen LogP contribution is 2.32. The lowest BCUT2D eigenvalue weighted by atomic mass is 10.1. The molecule has 2 aliphatic heterocycles. The summed E-state index contributed by atoms with van der Waals surface area (Å²) in [6, 6.07) is 12.6. The van der Waals surface area contributed by atoms with Crippen molar-refractivity contribution in [1.82, 2.24) is 9.21 Å². The molecule has 1 amide bonds. The van der Waals surface area contributed by atoms with Crippen molar-refractivity contribution in [2.75, 3.05) is 26.9 Å². The van der Waals surface area contributed by atoms with Gasteiger partial charge in [-0.25, -0.2) is 8.42 Å². The fraction of sp³-hybridized carbons (Fsp3) is 0.409. The summed E-state index contributed by atoms with van der Waals surface area (Å²) >= 11 is 0. The first kappa shape index (κ1) is 20.7. The van der Waals surface area contributed by atoms with Crippen LogP contribution in [0.2, 0.25) is 0 Å². The van der Waals surface area contributed by atoms with Crippen molar-refractivity contribution in [2.24, 2.45) is 0 Å². The van der Waals surface area contributed by atoms with Crippen molar-refractivity contribution in [3.8, 4) is 11.5 Å². The Morgan fingerprint density at radius 3 is 2.40 bits per heavy atom. The van der Waals surface area contributed by atoms with E-state index in [1.54, 1.807) is 36.2 Å². The van der Waals surface area contributed by atoms with E-state index < -0.39 is 10.0 Å². The third-order valence-corrected chi connectivity index (χ3v) is 7.45. The third-order valence-electron chi connectivity index (χ3n) is 5.54. The topological polar surface area (TPSA) is 76.1 Å². The van der Waals surface area contributed by atoms with Crippen molar-refractivity contribution in [1.29, 1.82) is 0 Å². The van der Waals surface area contributed by atoms with E-state index in [-0.39, 0.29) is 12.7 Å². The lowest BCUT2D eigenvalue weighted by Gasteiger charge is -2.18. The number of nitrogens with zero attached hydrogens (tertiary/aromatic N) is 2. The molecule has 1 saturated heterocycles. The minimum atomic E-state index is -3.40. The summed E-state index contributed by atoms with van der Waals surface area (Å²) in [5.74, 6) is 1.46. The summed E-state index contributed by atoms with van der Waals surface area (Å²) in [6.45, 7) is 1.90. The first-order valence-corrected chi connectivity index (χ1v) is 11.6. The summed E-state index contributed by atoms with van der Waals surface area (Å²) in [5, 5.41) is 0. The normalized spacial score (nSPS) is 16.0. The quantitative estimate of drug-likeness (QED) is 0.675. The summed E-state index contributed by atoms with van der Waals surface area (Å²) in [4.78, 5) is 14.5. The maximum Gasteiger partial charge on any atom is 0.243 e. The van der Waals surface area contributed by atoms with E-state index in [4.69, 9.17) is 9.47 Å². The van der Waals surface area contributed by atoms with Gasteiger partial charge in [-0.3, -0.25) is 4.79 Å². The number of hydrogen-bond donors (Lipinski definition) is 0. The van der Waals surface area contributed by atoms with Gasteiger partial charge in [-0.05, 0) is 54.7 Å². The molecule has 1 fully saturated rings. The Labute approximate surface area is 177 Å². The van der Waals surface area contributed by atoms with Gasteiger partial charge < -0.3 is 14.4 Å². The van der Waals surface area contributed by atoms with Crippen LogP contribution in [0.15, 0.2) is 47.4 Å². The van der Waals surface area contributed by atoms with Gasteiger partial charge in [-0.2, -0.15) is 4.31 Å². The second kappa shape index (κ2) is 8.65. The molecule has 8 heteroatoms. The highest BCUT2D eigenvalue weighted by atomic mass is 32.2. The lowest BCUT2D eigenvalue weighted by molar-refractivity contribution is -0.130. The van der Waals surface area contributed by atoms with Crippen molar-refractivity contribution in [3.63, 3.8) is 0 Å². The molecule has 2 heterocycles. The summed E-state index contributed by atoms with van der Waals surface area (Å²) < 4.78 is 37.4. The van der Waals surface area contributed by atoms with Crippen LogP contribution in [0.4, 0.5) is 0 Å². The van der Waals surface area contributed by atoms with E-state index in [9.17, 15) is 13.2 Å². The number of fused-ring (bicyclic) bond motifs is 1. The van der Waals surface area contributed by atoms with Gasteiger partial charge in [0.05, 0.1) is 4.90 Å². The fourth-order valence-corrected chi connectivity index (χ4v) is 5.27. The van der Waals surface area contributed by atoms with Crippen LogP contribution < -0.4 is 9.47 Å². The number of ether oxygens (including phenoxy) is 2. The largest absolute Gasteiger partial charge is 0.454 e. The highest BCUT2D eigenvalue weighted by molar-refractivity contribution is 7.89. The average Bonchev–Trinajstić information content (AvgIpc) is 3.44. The van der Waals surface area contributed by atoms with Crippen LogP contribution in [0, 0.1) is 0 Å². The van der Waals surface area contributed by atoms with Crippen molar-refractivity contribution in [2.45, 2.75) is 37.1 Å². The van der Waals surface area contributed by atoms with E-state index in [2.05, 4.69) is 0 Å². The first-order valence-electron chi connectivity index (χ1n) is 10.1. The van der Waals surface area contributed by atoms with Crippen LogP contribution in [0.1, 0.15) is 30.4 Å². The number of hydrogen-bond acceptors (Lipinski definition) is 5. The van der Waals surface area contributed by atoms with Crippen molar-refractivity contribution in [3.05, 3.63) is 53.6 Å². The minimum absolute atomic E-state index is 0.0291. The Bertz CT molecular complexity index is 1010. The van der Waals surface area contributed by atoms with Gasteiger partial charge in [-0.1, -0.05) is 18.2 Å². The molecule has 0 saturated carbocycles. The van der Waals surface area contributed by atoms with Crippen LogP contribution in [0.5, 0.6) is 11.5 Å². The Morgan fingerprint density at radius 2 is 1.67 bits per heavy atom. The Morgan fingerprint density at radius 1 is 1.00 bits per heavy atom. The van der Waals surface area contributed by atoms with E-state index >= 15 is 0 Å². The molecule has 0 aliphatic carbocycles. The third kappa shape index (κ3) is 4.44. The van der Waals surface area contributed by atoms with E-state index in [0.717, 1.165) is 29.7 Å². The number of rotatable bonds is 7. The zero-order valence-corrected chi connectivity index (χ0v) is 17.9. The number of carbonyl (C=O) groups excluding carboxylic acids is 1. The molecule has 0 radical (unpaired) electrons. The number of carbonyl (C=O) groups is 1. The Hall–Kier alpha value is -2.58. The maximum atomic E-state index is 12.6. The number of sulfonamides is 1. The molecule has 30 heavy (non-hydrogen) atoms. The molecular formula is C22H26N2O5S. The molecule has 160 valence electrons. The highest BCUT2D eigenvalue weighted by Gasteiger charge is 2.26. The predicted octanol–water partition coefficient (Wildman–Crippen LogP) is 2.79. The van der Waals surface area contributed by atoms with Gasteiger partial charge in [0.15, 0.2) is 11.5 Å². The van der Waals surface area contributed by atoms with Gasteiger partial charge in [0.2, 0.25) is 22.7 Å². The summed E-state index contributed by atoms with van der Waals surface area (Å²) in [5.41, 5.74) is 1.92. The standard InChI is InChI=1S/C22H26N2O5S/c1-23(15-18-6-10-20-21(14-18)29-16-28-20)22(25)11-7-17-4-8-19(9-5-17)30(26,27)24-12-2-3-13-24/h4-6,8-10,14H,2-3,7,11-13,15-16H2,1H3. The molecule has 0 aromatic heterocycles.